The molecule has 0 bridgehead atoms. The monoisotopic (exact) mass is 275 g/mol. The Kier molecular flexibility index (Phi) is 2.70. The van der Waals surface area contributed by atoms with Gasteiger partial charge in [0.15, 0.2) is 5.65 Å². The lowest BCUT2D eigenvalue weighted by molar-refractivity contribution is 0.732. The first-order valence-corrected chi connectivity index (χ1v) is 6.64. The summed E-state index contributed by atoms with van der Waals surface area (Å²) >= 11 is 1.46. The molecule has 0 radical (unpaired) electrons. The molecule has 3 rings (SSSR count). The molecule has 19 heavy (non-hydrogen) atoms. The summed E-state index contributed by atoms with van der Waals surface area (Å²) < 4.78 is 7.50. The second kappa shape index (κ2) is 4.27. The molecule has 3 aromatic heterocycles. The van der Waals surface area contributed by atoms with Gasteiger partial charge in [-0.2, -0.15) is 9.47 Å². The van der Waals surface area contributed by atoms with Crippen molar-refractivity contribution < 1.29 is 0 Å². The Balaban J connectivity index is 2.12. The van der Waals surface area contributed by atoms with E-state index in [2.05, 4.69) is 14.5 Å². The summed E-state index contributed by atoms with van der Waals surface area (Å²) in [5.74, 6) is 0. The average molecular weight is 275 g/mol. The first kappa shape index (κ1) is 12.0. The van der Waals surface area contributed by atoms with Gasteiger partial charge in [0.05, 0.1) is 18.4 Å². The molecule has 0 aliphatic heterocycles. The smallest absolute Gasteiger partial charge is 0.264 e. The Morgan fingerprint density at radius 1 is 1.37 bits per heavy atom. The molecular weight excluding hydrogens is 262 g/mol. The van der Waals surface area contributed by atoms with Crippen molar-refractivity contribution in [3.63, 3.8) is 0 Å². The third-order valence-electron chi connectivity index (χ3n) is 3.23. The molecule has 3 aromatic rings. The second-order valence-electron chi connectivity index (χ2n) is 4.49. The van der Waals surface area contributed by atoms with Crippen molar-refractivity contribution in [2.24, 2.45) is 7.05 Å². The number of aryl methyl sites for hydroxylation is 3. The Hall–Kier alpha value is -2.02. The fourth-order valence-corrected chi connectivity index (χ4v) is 2.78. The van der Waals surface area contributed by atoms with Crippen molar-refractivity contribution in [2.75, 3.05) is 0 Å². The SMILES string of the molecule is Cc1nsc(C)c1Cn1cnc2c(cnn2C)c1=O. The standard InChI is InChI=1S/C12H13N5OS/c1-7-10(8(2)19-15-7)5-17-6-13-11-9(12(17)18)4-14-16(11)3/h4,6H,5H2,1-3H3. The van der Waals surface area contributed by atoms with Gasteiger partial charge in [0.2, 0.25) is 0 Å². The molecule has 0 spiro atoms. The maximum Gasteiger partial charge on any atom is 0.264 e. The van der Waals surface area contributed by atoms with Crippen molar-refractivity contribution in [1.29, 1.82) is 0 Å². The van der Waals surface area contributed by atoms with Crippen LogP contribution in [-0.2, 0) is 13.6 Å². The van der Waals surface area contributed by atoms with E-state index < -0.39 is 0 Å². The second-order valence-corrected chi connectivity index (χ2v) is 5.46. The lowest BCUT2D eigenvalue weighted by Gasteiger charge is -2.05. The van der Waals surface area contributed by atoms with Gasteiger partial charge in [-0.25, -0.2) is 4.98 Å². The van der Waals surface area contributed by atoms with Gasteiger partial charge in [0.25, 0.3) is 5.56 Å². The Morgan fingerprint density at radius 2 is 2.16 bits per heavy atom. The number of nitrogens with zero attached hydrogens (tertiary/aromatic N) is 5. The van der Waals surface area contributed by atoms with Gasteiger partial charge >= 0.3 is 0 Å². The minimum Gasteiger partial charge on any atom is -0.294 e. The van der Waals surface area contributed by atoms with Crippen LogP contribution >= 0.6 is 11.5 Å². The summed E-state index contributed by atoms with van der Waals surface area (Å²) in [5, 5.41) is 4.61. The van der Waals surface area contributed by atoms with Crippen molar-refractivity contribution in [3.8, 4) is 0 Å². The van der Waals surface area contributed by atoms with Crippen LogP contribution in [0.25, 0.3) is 11.0 Å². The molecule has 98 valence electrons. The van der Waals surface area contributed by atoms with Crippen molar-refractivity contribution >= 4 is 22.6 Å². The molecular formula is C12H13N5OS. The van der Waals surface area contributed by atoms with Gasteiger partial charge in [0, 0.05) is 17.5 Å². The summed E-state index contributed by atoms with van der Waals surface area (Å²) in [6, 6.07) is 0. The van der Waals surface area contributed by atoms with Crippen molar-refractivity contribution in [2.45, 2.75) is 20.4 Å². The number of rotatable bonds is 2. The third kappa shape index (κ3) is 1.86. The van der Waals surface area contributed by atoms with Crippen LogP contribution in [0.2, 0.25) is 0 Å². The molecule has 0 aliphatic carbocycles. The van der Waals surface area contributed by atoms with E-state index in [1.165, 1.54) is 11.5 Å². The predicted molar refractivity (Wildman–Crippen MR) is 73.5 cm³/mol. The van der Waals surface area contributed by atoms with Crippen LogP contribution in [0.1, 0.15) is 16.1 Å². The van der Waals surface area contributed by atoms with E-state index in [9.17, 15) is 4.79 Å². The van der Waals surface area contributed by atoms with Gasteiger partial charge < -0.3 is 0 Å². The molecule has 0 atom stereocenters. The van der Waals surface area contributed by atoms with Crippen LogP contribution in [0.4, 0.5) is 0 Å². The zero-order chi connectivity index (χ0) is 13.6. The highest BCUT2D eigenvalue weighted by Crippen LogP contribution is 2.17. The largest absolute Gasteiger partial charge is 0.294 e. The fourth-order valence-electron chi connectivity index (χ4n) is 2.08. The molecule has 6 nitrogen and oxygen atoms in total. The lowest BCUT2D eigenvalue weighted by Crippen LogP contribution is -2.21. The van der Waals surface area contributed by atoms with E-state index in [1.54, 1.807) is 28.8 Å². The maximum absolute atomic E-state index is 12.3. The number of hydrogen-bond donors (Lipinski definition) is 0. The van der Waals surface area contributed by atoms with E-state index in [1.807, 2.05) is 13.8 Å². The molecule has 0 amide bonds. The molecule has 0 aliphatic rings. The maximum atomic E-state index is 12.3. The Morgan fingerprint density at radius 3 is 2.84 bits per heavy atom. The van der Waals surface area contributed by atoms with Gasteiger partial charge in [0.1, 0.15) is 11.7 Å². The first-order chi connectivity index (χ1) is 9.08. The fraction of sp³-hybridized carbons (Fsp3) is 0.333. The van der Waals surface area contributed by atoms with Crippen LogP contribution < -0.4 is 5.56 Å². The summed E-state index contributed by atoms with van der Waals surface area (Å²) in [5.41, 5.74) is 2.61. The van der Waals surface area contributed by atoms with E-state index in [0.29, 0.717) is 17.6 Å². The van der Waals surface area contributed by atoms with Crippen LogP contribution in [0.3, 0.4) is 0 Å². The minimum atomic E-state index is -0.0666. The lowest BCUT2D eigenvalue weighted by atomic mass is 10.2. The predicted octanol–water partition coefficient (Wildman–Crippen LogP) is 1.25. The molecule has 0 saturated heterocycles. The molecule has 7 heteroatoms. The molecule has 0 aromatic carbocycles. The summed E-state index contributed by atoms with van der Waals surface area (Å²) in [4.78, 5) is 17.8. The van der Waals surface area contributed by atoms with E-state index in [0.717, 1.165) is 16.1 Å². The van der Waals surface area contributed by atoms with Crippen molar-refractivity contribution in [1.82, 2.24) is 23.7 Å². The van der Waals surface area contributed by atoms with E-state index in [4.69, 9.17) is 0 Å². The first-order valence-electron chi connectivity index (χ1n) is 5.87. The molecule has 0 unspecified atom stereocenters. The molecule has 0 saturated carbocycles. The van der Waals surface area contributed by atoms with Crippen LogP contribution in [0.5, 0.6) is 0 Å². The normalized spacial score (nSPS) is 11.3. The summed E-state index contributed by atoms with van der Waals surface area (Å²) in [6.07, 6.45) is 3.13. The highest BCUT2D eigenvalue weighted by molar-refractivity contribution is 7.05. The van der Waals surface area contributed by atoms with Crippen LogP contribution in [0, 0.1) is 13.8 Å². The van der Waals surface area contributed by atoms with Gasteiger partial charge in [-0.05, 0) is 25.4 Å². The van der Waals surface area contributed by atoms with Gasteiger partial charge in [-0.1, -0.05) is 0 Å². The number of fused-ring (bicyclic) bond motifs is 1. The average Bonchev–Trinajstić information content (AvgIpc) is 2.91. The third-order valence-corrected chi connectivity index (χ3v) is 4.11. The minimum absolute atomic E-state index is 0.0666. The molecule has 3 heterocycles. The molecule has 0 N–H and O–H groups in total. The zero-order valence-corrected chi connectivity index (χ0v) is 11.7. The Labute approximate surface area is 113 Å². The number of hydrogen-bond acceptors (Lipinski definition) is 5. The Bertz CT molecular complexity index is 794. The zero-order valence-electron chi connectivity index (χ0n) is 10.9. The van der Waals surface area contributed by atoms with E-state index in [-0.39, 0.29) is 5.56 Å². The van der Waals surface area contributed by atoms with Crippen LogP contribution in [0.15, 0.2) is 17.3 Å². The highest BCUT2D eigenvalue weighted by atomic mass is 32.1. The van der Waals surface area contributed by atoms with Crippen molar-refractivity contribution in [3.05, 3.63) is 39.0 Å². The highest BCUT2D eigenvalue weighted by Gasteiger charge is 2.12. The van der Waals surface area contributed by atoms with Gasteiger partial charge in [-0.3, -0.25) is 14.0 Å². The van der Waals surface area contributed by atoms with Gasteiger partial charge in [-0.15, -0.1) is 0 Å². The van der Waals surface area contributed by atoms with Crippen LogP contribution in [-0.4, -0.2) is 23.7 Å². The number of aromatic nitrogens is 5. The van der Waals surface area contributed by atoms with E-state index >= 15 is 0 Å². The topological polar surface area (TPSA) is 65.6 Å². The summed E-state index contributed by atoms with van der Waals surface area (Å²) in [6.45, 7) is 4.48. The quantitative estimate of drug-likeness (QED) is 0.706. The summed E-state index contributed by atoms with van der Waals surface area (Å²) in [7, 11) is 1.77. The molecule has 0 fully saturated rings.